The van der Waals surface area contributed by atoms with E-state index in [1.54, 1.807) is 13.1 Å². The molecule has 0 saturated carbocycles. The number of ether oxygens (including phenoxy) is 2. The Balaban J connectivity index is 1.58. The number of hydrogen-bond donors (Lipinski definition) is 0. The average molecular weight is 418 g/mol. The second-order valence-corrected chi connectivity index (χ2v) is 10.9. The van der Waals surface area contributed by atoms with Crippen molar-refractivity contribution in [2.45, 2.75) is 57.0 Å². The van der Waals surface area contributed by atoms with Gasteiger partial charge in [0.2, 0.25) is 0 Å². The summed E-state index contributed by atoms with van der Waals surface area (Å²) >= 11 is 0. The molecule has 150 valence electrons. The molecule has 0 unspecified atom stereocenters. The molecule has 0 aliphatic carbocycles. The van der Waals surface area contributed by atoms with Crippen LogP contribution >= 0.6 is 21.8 Å². The number of fused-ring (bicyclic) bond motifs is 1. The van der Waals surface area contributed by atoms with Crippen molar-refractivity contribution >= 4 is 27.9 Å². The number of carbonyl (C=O) groups excluding carboxylic acids is 1. The fourth-order valence-corrected chi connectivity index (χ4v) is 4.62. The minimum Gasteiger partial charge on any atom is -0.483 e. The Hall–Kier alpha value is -1.79. The van der Waals surface area contributed by atoms with Crippen molar-refractivity contribution in [1.29, 1.82) is 0 Å². The summed E-state index contributed by atoms with van der Waals surface area (Å²) in [4.78, 5) is 13.6. The molecule has 28 heavy (non-hydrogen) atoms. The van der Waals surface area contributed by atoms with Gasteiger partial charge in [-0.3, -0.25) is 0 Å². The van der Waals surface area contributed by atoms with Gasteiger partial charge in [-0.15, -0.1) is 0 Å². The van der Waals surface area contributed by atoms with Crippen LogP contribution in [0.15, 0.2) is 47.4 Å². The molecule has 0 radical (unpaired) electrons. The van der Waals surface area contributed by atoms with E-state index in [4.69, 9.17) is 9.47 Å². The summed E-state index contributed by atoms with van der Waals surface area (Å²) in [5.41, 5.74) is 2.21. The lowest BCUT2D eigenvalue weighted by Gasteiger charge is -2.20. The van der Waals surface area contributed by atoms with E-state index in [9.17, 15) is 4.79 Å². The maximum absolute atomic E-state index is 12.5. The average Bonchev–Trinajstić information content (AvgIpc) is 2.94. The maximum atomic E-state index is 12.5. The van der Waals surface area contributed by atoms with Crippen molar-refractivity contribution in [1.82, 2.24) is 4.31 Å². The predicted molar refractivity (Wildman–Crippen MR) is 117 cm³/mol. The number of para-hydroxylation sites is 1. The summed E-state index contributed by atoms with van der Waals surface area (Å²) in [6.45, 7) is 10.6. The Morgan fingerprint density at radius 1 is 1.14 bits per heavy atom. The van der Waals surface area contributed by atoms with Crippen LogP contribution in [-0.4, -0.2) is 23.0 Å². The largest absolute Gasteiger partial charge is 0.483 e. The first-order chi connectivity index (χ1) is 13.0. The van der Waals surface area contributed by atoms with Gasteiger partial charge in [0.25, 0.3) is 0 Å². The van der Waals surface area contributed by atoms with Gasteiger partial charge in [0.15, 0.2) is 11.5 Å². The van der Waals surface area contributed by atoms with E-state index >= 15 is 0 Å². The molecule has 2 aromatic rings. The highest BCUT2D eigenvalue weighted by Crippen LogP contribution is 2.42. The van der Waals surface area contributed by atoms with Crippen LogP contribution < -0.4 is 9.47 Å². The third-order valence-corrected chi connectivity index (χ3v) is 6.86. The molecule has 0 spiro atoms. The molecule has 0 saturated heterocycles. The quantitative estimate of drug-likeness (QED) is 0.420. The molecule has 0 N–H and O–H groups in total. The van der Waals surface area contributed by atoms with Gasteiger partial charge >= 0.3 is 6.09 Å². The zero-order valence-electron chi connectivity index (χ0n) is 17.2. The van der Waals surface area contributed by atoms with Gasteiger partial charge in [0, 0.05) is 34.9 Å². The van der Waals surface area contributed by atoms with E-state index in [1.807, 2.05) is 26.0 Å². The topological polar surface area (TPSA) is 38.8 Å². The van der Waals surface area contributed by atoms with Crippen LogP contribution in [-0.2, 0) is 11.8 Å². The second-order valence-electron chi connectivity index (χ2n) is 8.58. The predicted octanol–water partition coefficient (Wildman–Crippen LogP) is 6.48. The monoisotopic (exact) mass is 417 g/mol. The molecule has 1 heterocycles. The number of carbonyl (C=O) groups is 1. The lowest BCUT2D eigenvalue weighted by atomic mass is 9.87. The van der Waals surface area contributed by atoms with E-state index in [0.717, 1.165) is 16.9 Å². The van der Waals surface area contributed by atoms with E-state index in [2.05, 4.69) is 45.0 Å². The Morgan fingerprint density at radius 2 is 1.82 bits per heavy atom. The molecule has 1 aliphatic rings. The Bertz CT molecular complexity index is 857. The van der Waals surface area contributed by atoms with Crippen LogP contribution in [0.4, 0.5) is 4.79 Å². The Morgan fingerprint density at radius 3 is 2.46 bits per heavy atom. The lowest BCUT2D eigenvalue weighted by molar-refractivity contribution is 0.132. The molecule has 2 aromatic carbocycles. The van der Waals surface area contributed by atoms with Crippen molar-refractivity contribution in [3.8, 4) is 11.5 Å². The summed E-state index contributed by atoms with van der Waals surface area (Å²) in [5.74, 6) is 1.14. The number of hydrogen-bond acceptors (Lipinski definition) is 5. The molecule has 0 atom stereocenters. The second kappa shape index (κ2) is 7.91. The first kappa shape index (κ1) is 20.9. The highest BCUT2D eigenvalue weighted by Gasteiger charge is 2.33. The van der Waals surface area contributed by atoms with Crippen LogP contribution in [0.25, 0.3) is 0 Å². The van der Waals surface area contributed by atoms with Crippen LogP contribution in [0, 0.1) is 0 Å². The van der Waals surface area contributed by atoms with Crippen LogP contribution in [0.2, 0.25) is 0 Å². The zero-order chi connectivity index (χ0) is 20.5. The lowest BCUT2D eigenvalue weighted by Crippen LogP contribution is -2.25. The van der Waals surface area contributed by atoms with E-state index in [0.29, 0.717) is 11.5 Å². The van der Waals surface area contributed by atoms with Gasteiger partial charge in [-0.05, 0) is 53.8 Å². The summed E-state index contributed by atoms with van der Waals surface area (Å²) < 4.78 is 13.0. The molecule has 0 aromatic heterocycles. The summed E-state index contributed by atoms with van der Waals surface area (Å²) in [5, 5.41) is 0. The van der Waals surface area contributed by atoms with Crippen molar-refractivity contribution in [3.63, 3.8) is 0 Å². The van der Waals surface area contributed by atoms with Crippen molar-refractivity contribution in [2.75, 3.05) is 7.05 Å². The van der Waals surface area contributed by atoms with E-state index in [1.165, 1.54) is 31.6 Å². The summed E-state index contributed by atoms with van der Waals surface area (Å²) in [7, 11) is 4.57. The van der Waals surface area contributed by atoms with Crippen molar-refractivity contribution in [3.05, 3.63) is 53.6 Å². The Kier molecular flexibility index (Phi) is 5.92. The Labute approximate surface area is 175 Å². The minimum atomic E-state index is -0.425. The van der Waals surface area contributed by atoms with Gasteiger partial charge in [-0.1, -0.05) is 45.0 Å². The summed E-state index contributed by atoms with van der Waals surface area (Å²) in [6.07, 6.45) is 0.379. The fourth-order valence-electron chi connectivity index (χ4n) is 2.97. The van der Waals surface area contributed by atoms with Gasteiger partial charge in [0.05, 0.1) is 0 Å². The third-order valence-electron chi connectivity index (χ3n) is 4.47. The maximum Gasteiger partial charge on any atom is 0.425 e. The van der Waals surface area contributed by atoms with E-state index in [-0.39, 0.29) is 11.0 Å². The number of amides is 1. The number of nitrogens with zero attached hydrogens (tertiary/aromatic N) is 1. The van der Waals surface area contributed by atoms with Crippen LogP contribution in [0.1, 0.15) is 45.7 Å². The molecular weight excluding hydrogens is 390 g/mol. The van der Waals surface area contributed by atoms with Gasteiger partial charge in [0.1, 0.15) is 5.60 Å². The van der Waals surface area contributed by atoms with Gasteiger partial charge < -0.3 is 9.47 Å². The standard InChI is InChI=1S/C22H27NO3S2/c1-21(2,3)16-10-12-17(13-11-16)27-28-23(6)20(24)25-18-9-7-8-15-14-22(4,5)26-19(15)18/h7-13H,14H2,1-6H3. The van der Waals surface area contributed by atoms with Crippen LogP contribution in [0.3, 0.4) is 0 Å². The van der Waals surface area contributed by atoms with Gasteiger partial charge in [-0.2, -0.15) is 0 Å². The molecule has 6 heteroatoms. The molecule has 0 fully saturated rings. The smallest absolute Gasteiger partial charge is 0.425 e. The number of benzene rings is 2. The minimum absolute atomic E-state index is 0.128. The molecule has 1 aliphatic heterocycles. The fraction of sp³-hybridized carbons (Fsp3) is 0.409. The highest BCUT2D eigenvalue weighted by molar-refractivity contribution is 8.75. The molecular formula is C22H27NO3S2. The SMILES string of the molecule is CN(SSc1ccc(C(C)(C)C)cc1)C(=O)Oc1cccc2c1OC(C)(C)C2. The molecule has 0 bridgehead atoms. The third kappa shape index (κ3) is 4.97. The summed E-state index contributed by atoms with van der Waals surface area (Å²) in [6, 6.07) is 14.1. The van der Waals surface area contributed by atoms with Crippen LogP contribution in [0.5, 0.6) is 11.5 Å². The first-order valence-electron chi connectivity index (χ1n) is 9.27. The highest BCUT2D eigenvalue weighted by atomic mass is 33.1. The molecule has 3 rings (SSSR count). The first-order valence-corrected chi connectivity index (χ1v) is 11.4. The number of rotatable bonds is 4. The molecule has 1 amide bonds. The van der Waals surface area contributed by atoms with Gasteiger partial charge in [-0.25, -0.2) is 9.10 Å². The normalized spacial score (nSPS) is 14.9. The van der Waals surface area contributed by atoms with Crippen molar-refractivity contribution < 1.29 is 14.3 Å². The van der Waals surface area contributed by atoms with E-state index < -0.39 is 6.09 Å². The van der Waals surface area contributed by atoms with Crippen molar-refractivity contribution in [2.24, 2.45) is 0 Å². The molecule has 4 nitrogen and oxygen atoms in total. The zero-order valence-corrected chi connectivity index (χ0v) is 18.9.